The Morgan fingerprint density at radius 1 is 0.921 bits per heavy atom. The first-order valence-electron chi connectivity index (χ1n) is 12.4. The maximum absolute atomic E-state index is 14.6. The van der Waals surface area contributed by atoms with Crippen molar-refractivity contribution in [2.75, 3.05) is 32.5 Å². The third-order valence-electron chi connectivity index (χ3n) is 6.62. The number of rotatable bonds is 7. The molecule has 3 N–H and O–H groups in total. The Kier molecular flexibility index (Phi) is 6.05. The summed E-state index contributed by atoms with van der Waals surface area (Å²) in [4.78, 5) is 19.1. The van der Waals surface area contributed by atoms with E-state index in [0.717, 1.165) is 62.2 Å². The van der Waals surface area contributed by atoms with E-state index in [-0.39, 0.29) is 5.82 Å². The number of aromatic amines is 2. The number of hydrogen-bond acceptors (Lipinski definition) is 6. The van der Waals surface area contributed by atoms with E-state index in [1.807, 2.05) is 57.5 Å². The van der Waals surface area contributed by atoms with Gasteiger partial charge < -0.3 is 15.2 Å². The predicted octanol–water partition coefficient (Wildman–Crippen LogP) is 5.65. The number of nitrogens with one attached hydrogen (secondary N) is 3. The number of aromatic nitrogens is 6. The first-order valence-corrected chi connectivity index (χ1v) is 12.4. The quantitative estimate of drug-likeness (QED) is 0.259. The lowest BCUT2D eigenvalue weighted by atomic mass is 10.1. The molecule has 0 saturated heterocycles. The summed E-state index contributed by atoms with van der Waals surface area (Å²) in [7, 11) is 4.01. The Hall–Kier alpha value is -4.63. The molecule has 190 valence electrons. The second kappa shape index (κ2) is 9.68. The van der Waals surface area contributed by atoms with Gasteiger partial charge in [0.1, 0.15) is 11.5 Å². The number of fused-ring (bicyclic) bond motifs is 2. The molecule has 0 aliphatic rings. The highest BCUT2D eigenvalue weighted by molar-refractivity contribution is 6.00. The molecule has 6 aromatic rings. The molecule has 0 bridgehead atoms. The number of hydrogen-bond donors (Lipinski definition) is 3. The van der Waals surface area contributed by atoms with Gasteiger partial charge in [-0.05, 0) is 69.0 Å². The van der Waals surface area contributed by atoms with Crippen molar-refractivity contribution in [3.63, 3.8) is 0 Å². The van der Waals surface area contributed by atoms with Crippen molar-refractivity contribution in [3.05, 3.63) is 78.6 Å². The zero-order valence-corrected chi connectivity index (χ0v) is 21.4. The van der Waals surface area contributed by atoms with Crippen LogP contribution in [0.1, 0.15) is 5.56 Å². The van der Waals surface area contributed by atoms with Crippen LogP contribution in [0.2, 0.25) is 0 Å². The van der Waals surface area contributed by atoms with Crippen LogP contribution in [0.25, 0.3) is 55.7 Å². The third kappa shape index (κ3) is 4.48. The number of anilines is 1. The van der Waals surface area contributed by atoms with Gasteiger partial charge in [-0.1, -0.05) is 0 Å². The lowest BCUT2D eigenvalue weighted by Crippen LogP contribution is -2.20. The average molecular weight is 507 g/mol. The van der Waals surface area contributed by atoms with Gasteiger partial charge in [0.15, 0.2) is 0 Å². The highest BCUT2D eigenvalue weighted by Gasteiger charge is 2.16. The highest BCUT2D eigenvalue weighted by atomic mass is 19.1. The molecule has 6 rings (SSSR count). The van der Waals surface area contributed by atoms with Gasteiger partial charge in [0, 0.05) is 64.8 Å². The summed E-state index contributed by atoms with van der Waals surface area (Å²) in [6.07, 6.45) is 7.13. The van der Waals surface area contributed by atoms with Crippen molar-refractivity contribution in [1.29, 1.82) is 0 Å². The Morgan fingerprint density at radius 3 is 2.63 bits per heavy atom. The van der Waals surface area contributed by atoms with Crippen LogP contribution >= 0.6 is 0 Å². The Morgan fingerprint density at radius 2 is 1.79 bits per heavy atom. The van der Waals surface area contributed by atoms with Gasteiger partial charge in [0.05, 0.1) is 28.8 Å². The van der Waals surface area contributed by atoms with Crippen LogP contribution < -0.4 is 5.32 Å². The van der Waals surface area contributed by atoms with Crippen molar-refractivity contribution in [2.24, 2.45) is 0 Å². The van der Waals surface area contributed by atoms with Crippen molar-refractivity contribution in [3.8, 4) is 33.9 Å². The molecule has 0 unspecified atom stereocenters. The molecule has 0 aliphatic carbocycles. The van der Waals surface area contributed by atoms with Gasteiger partial charge in [-0.2, -0.15) is 5.10 Å². The zero-order valence-electron chi connectivity index (χ0n) is 21.4. The molecule has 1 aromatic carbocycles. The first-order chi connectivity index (χ1) is 18.5. The third-order valence-corrected chi connectivity index (χ3v) is 6.62. The molecular formula is C29H27FN8. The van der Waals surface area contributed by atoms with Gasteiger partial charge >= 0.3 is 0 Å². The minimum absolute atomic E-state index is 0.312. The van der Waals surface area contributed by atoms with E-state index in [4.69, 9.17) is 0 Å². The molecule has 0 spiro atoms. The van der Waals surface area contributed by atoms with E-state index in [2.05, 4.69) is 40.3 Å². The summed E-state index contributed by atoms with van der Waals surface area (Å²) in [6, 6.07) is 12.9. The molecule has 0 fully saturated rings. The zero-order chi connectivity index (χ0) is 26.2. The summed E-state index contributed by atoms with van der Waals surface area (Å²) in [5.74, 6) is -0.312. The van der Waals surface area contributed by atoms with Crippen LogP contribution in [0.3, 0.4) is 0 Å². The van der Waals surface area contributed by atoms with Crippen molar-refractivity contribution in [1.82, 2.24) is 35.0 Å². The predicted molar refractivity (Wildman–Crippen MR) is 149 cm³/mol. The van der Waals surface area contributed by atoms with E-state index >= 15 is 0 Å². The minimum Gasteiger partial charge on any atom is -0.384 e. The standard InChI is InChI=1S/C29H27FN8/c1-17-4-6-31-15-23(17)25-13-22-27(16-34-25)36-37-29(22)26-14-21-24(35-26)5-7-33-28(21)18-10-19(30)12-20(11-18)32-8-9-38(2)3/h4-7,10-16,32,35H,8-9H2,1-3H3,(H,36,37). The van der Waals surface area contributed by atoms with Gasteiger partial charge in [0.2, 0.25) is 0 Å². The fourth-order valence-electron chi connectivity index (χ4n) is 4.67. The van der Waals surface area contributed by atoms with Crippen LogP contribution in [-0.2, 0) is 0 Å². The SMILES string of the molecule is Cc1ccncc1-c1cc2c(-c3cc4c(-c5cc(F)cc(NCCN(C)C)c5)nccc4[nH]3)n[nH]c2cn1. The summed E-state index contributed by atoms with van der Waals surface area (Å²) in [6.45, 7) is 3.60. The number of H-pyrrole nitrogens is 2. The number of likely N-dealkylation sites (N-methyl/N-ethyl adjacent to an activating group) is 1. The number of aryl methyl sites for hydroxylation is 1. The van der Waals surface area contributed by atoms with Crippen LogP contribution in [-0.4, -0.2) is 62.2 Å². The molecule has 0 radical (unpaired) electrons. The first kappa shape index (κ1) is 23.7. The van der Waals surface area contributed by atoms with Crippen molar-refractivity contribution in [2.45, 2.75) is 6.92 Å². The molecule has 0 amide bonds. The fourth-order valence-corrected chi connectivity index (χ4v) is 4.67. The maximum atomic E-state index is 14.6. The largest absolute Gasteiger partial charge is 0.384 e. The number of pyridine rings is 3. The lowest BCUT2D eigenvalue weighted by Gasteiger charge is -2.12. The van der Waals surface area contributed by atoms with Gasteiger partial charge in [-0.15, -0.1) is 0 Å². The monoisotopic (exact) mass is 506 g/mol. The second-order valence-corrected chi connectivity index (χ2v) is 9.64. The van der Waals surface area contributed by atoms with Crippen LogP contribution in [0.15, 0.2) is 67.3 Å². The van der Waals surface area contributed by atoms with Gasteiger partial charge in [0.25, 0.3) is 0 Å². The fraction of sp³-hybridized carbons (Fsp3) is 0.172. The van der Waals surface area contributed by atoms with Crippen molar-refractivity contribution < 1.29 is 4.39 Å². The molecule has 0 saturated carbocycles. The summed E-state index contributed by atoms with van der Waals surface area (Å²) >= 11 is 0. The van der Waals surface area contributed by atoms with E-state index in [1.54, 1.807) is 18.6 Å². The number of halogens is 1. The summed E-state index contributed by atoms with van der Waals surface area (Å²) in [5.41, 5.74) is 8.38. The maximum Gasteiger partial charge on any atom is 0.125 e. The normalized spacial score (nSPS) is 11.6. The van der Waals surface area contributed by atoms with Crippen molar-refractivity contribution >= 4 is 27.5 Å². The smallest absolute Gasteiger partial charge is 0.125 e. The van der Waals surface area contributed by atoms with Crippen LogP contribution in [0.5, 0.6) is 0 Å². The van der Waals surface area contributed by atoms with Gasteiger partial charge in [-0.25, -0.2) is 4.39 Å². The average Bonchev–Trinajstić information content (AvgIpc) is 3.52. The lowest BCUT2D eigenvalue weighted by molar-refractivity contribution is 0.425. The molecule has 0 aliphatic heterocycles. The Labute approximate surface area is 219 Å². The van der Waals surface area contributed by atoms with E-state index in [1.165, 1.54) is 12.1 Å². The van der Waals surface area contributed by atoms with E-state index in [0.29, 0.717) is 17.8 Å². The molecule has 5 aromatic heterocycles. The topological polar surface area (TPSA) is 98.4 Å². The molecule has 9 heteroatoms. The summed E-state index contributed by atoms with van der Waals surface area (Å²) in [5, 5.41) is 12.8. The molecule has 38 heavy (non-hydrogen) atoms. The number of benzene rings is 1. The van der Waals surface area contributed by atoms with Gasteiger partial charge in [-0.3, -0.25) is 20.1 Å². The molecular weight excluding hydrogens is 479 g/mol. The van der Waals surface area contributed by atoms with E-state index < -0.39 is 0 Å². The summed E-state index contributed by atoms with van der Waals surface area (Å²) < 4.78 is 14.6. The minimum atomic E-state index is -0.312. The Balaban J connectivity index is 1.41. The Bertz CT molecular complexity index is 1770. The highest BCUT2D eigenvalue weighted by Crippen LogP contribution is 2.35. The van der Waals surface area contributed by atoms with Crippen LogP contribution in [0, 0.1) is 12.7 Å². The molecule has 5 heterocycles. The van der Waals surface area contributed by atoms with Crippen LogP contribution in [0.4, 0.5) is 10.1 Å². The molecule has 0 atom stereocenters. The second-order valence-electron chi connectivity index (χ2n) is 9.64. The van der Waals surface area contributed by atoms with E-state index in [9.17, 15) is 4.39 Å². The molecule has 8 nitrogen and oxygen atoms in total. The number of nitrogens with zero attached hydrogens (tertiary/aromatic N) is 5.